The summed E-state index contributed by atoms with van der Waals surface area (Å²) >= 11 is 0. The van der Waals surface area contributed by atoms with Gasteiger partial charge in [0.15, 0.2) is 0 Å². The first-order valence-corrected chi connectivity index (χ1v) is 8.03. The molecule has 2 N–H and O–H groups in total. The minimum absolute atomic E-state index is 0.0189. The van der Waals surface area contributed by atoms with E-state index in [4.69, 9.17) is 4.74 Å². The van der Waals surface area contributed by atoms with E-state index in [9.17, 15) is 9.90 Å². The zero-order valence-corrected chi connectivity index (χ0v) is 13.4. The number of para-hydroxylation sites is 2. The van der Waals surface area contributed by atoms with Gasteiger partial charge in [0.2, 0.25) is 5.91 Å². The Labute approximate surface area is 132 Å². The van der Waals surface area contributed by atoms with Crippen molar-refractivity contribution in [3.8, 4) is 5.75 Å². The van der Waals surface area contributed by atoms with Crippen LogP contribution in [0.1, 0.15) is 26.7 Å². The molecule has 0 bridgehead atoms. The number of nitrogens with zero attached hydrogens (tertiary/aromatic N) is 1. The average Bonchev–Trinajstić information content (AvgIpc) is 2.56. The van der Waals surface area contributed by atoms with Crippen molar-refractivity contribution < 1.29 is 14.6 Å². The summed E-state index contributed by atoms with van der Waals surface area (Å²) in [6.45, 7) is 6.37. The lowest BCUT2D eigenvalue weighted by atomic mass is 9.97. The van der Waals surface area contributed by atoms with Crippen LogP contribution in [-0.4, -0.2) is 48.3 Å². The highest BCUT2D eigenvalue weighted by atomic mass is 16.5. The zero-order chi connectivity index (χ0) is 15.9. The predicted molar refractivity (Wildman–Crippen MR) is 87.1 cm³/mol. The monoisotopic (exact) mass is 306 g/mol. The third-order valence-corrected chi connectivity index (χ3v) is 4.28. The third kappa shape index (κ3) is 4.21. The van der Waals surface area contributed by atoms with Gasteiger partial charge in [-0.15, -0.1) is 0 Å². The Morgan fingerprint density at radius 1 is 1.41 bits per heavy atom. The number of hydrogen-bond acceptors (Lipinski definition) is 4. The van der Waals surface area contributed by atoms with Gasteiger partial charge in [0.25, 0.3) is 0 Å². The Bertz CT molecular complexity index is 485. The van der Waals surface area contributed by atoms with E-state index in [1.165, 1.54) is 0 Å². The Hall–Kier alpha value is -1.59. The standard InChI is InChI=1S/C17H26N2O3/c1-3-22-16-7-5-4-6-15(16)18-17(21)13(2)19-10-8-14(12-20)9-11-19/h4-7,13-14,20H,3,8-12H2,1-2H3,(H,18,21). The molecule has 5 nitrogen and oxygen atoms in total. The van der Waals surface area contributed by atoms with Crippen molar-refractivity contribution in [1.29, 1.82) is 0 Å². The van der Waals surface area contributed by atoms with Crippen molar-refractivity contribution in [1.82, 2.24) is 4.90 Å². The first kappa shape index (κ1) is 16.8. The first-order valence-electron chi connectivity index (χ1n) is 8.03. The lowest BCUT2D eigenvalue weighted by Crippen LogP contribution is -2.46. The molecule has 1 saturated heterocycles. The molecular weight excluding hydrogens is 280 g/mol. The van der Waals surface area contributed by atoms with Crippen LogP contribution in [0.3, 0.4) is 0 Å². The van der Waals surface area contributed by atoms with Crippen molar-refractivity contribution in [3.05, 3.63) is 24.3 Å². The SMILES string of the molecule is CCOc1ccccc1NC(=O)C(C)N1CCC(CO)CC1. The highest BCUT2D eigenvalue weighted by Crippen LogP contribution is 2.25. The molecule has 1 unspecified atom stereocenters. The fourth-order valence-electron chi connectivity index (χ4n) is 2.78. The average molecular weight is 306 g/mol. The number of benzene rings is 1. The number of nitrogens with one attached hydrogen (secondary N) is 1. The summed E-state index contributed by atoms with van der Waals surface area (Å²) in [5.74, 6) is 1.06. The summed E-state index contributed by atoms with van der Waals surface area (Å²) in [7, 11) is 0. The van der Waals surface area contributed by atoms with Gasteiger partial charge in [-0.3, -0.25) is 9.69 Å². The second-order valence-electron chi connectivity index (χ2n) is 5.76. The largest absolute Gasteiger partial charge is 0.492 e. The van der Waals surface area contributed by atoms with Crippen LogP contribution in [0.15, 0.2) is 24.3 Å². The van der Waals surface area contributed by atoms with E-state index in [0.717, 1.165) is 25.9 Å². The van der Waals surface area contributed by atoms with E-state index in [1.54, 1.807) is 0 Å². The summed E-state index contributed by atoms with van der Waals surface area (Å²) in [6, 6.07) is 7.30. The maximum absolute atomic E-state index is 12.5. The van der Waals surface area contributed by atoms with Gasteiger partial charge in [-0.25, -0.2) is 0 Å². The molecule has 0 aromatic heterocycles. The Morgan fingerprint density at radius 2 is 2.09 bits per heavy atom. The van der Waals surface area contributed by atoms with E-state index in [2.05, 4.69) is 10.2 Å². The third-order valence-electron chi connectivity index (χ3n) is 4.28. The highest BCUT2D eigenvalue weighted by Gasteiger charge is 2.26. The van der Waals surface area contributed by atoms with Crippen molar-refractivity contribution in [2.75, 3.05) is 31.6 Å². The fourth-order valence-corrected chi connectivity index (χ4v) is 2.78. The van der Waals surface area contributed by atoms with Gasteiger partial charge >= 0.3 is 0 Å². The smallest absolute Gasteiger partial charge is 0.241 e. The molecule has 0 spiro atoms. The van der Waals surface area contributed by atoms with Crippen molar-refractivity contribution >= 4 is 11.6 Å². The van der Waals surface area contributed by atoms with E-state index < -0.39 is 0 Å². The van der Waals surface area contributed by atoms with Gasteiger partial charge in [0.05, 0.1) is 18.3 Å². The fraction of sp³-hybridized carbons (Fsp3) is 0.588. The number of anilines is 1. The molecule has 0 saturated carbocycles. The van der Waals surface area contributed by atoms with Gasteiger partial charge in [-0.05, 0) is 57.8 Å². The molecule has 2 rings (SSSR count). The van der Waals surface area contributed by atoms with Gasteiger partial charge in [0.1, 0.15) is 5.75 Å². The Morgan fingerprint density at radius 3 is 2.73 bits per heavy atom. The van der Waals surface area contributed by atoms with Crippen LogP contribution in [0.4, 0.5) is 5.69 Å². The summed E-state index contributed by atoms with van der Waals surface area (Å²) in [5.41, 5.74) is 0.714. The van der Waals surface area contributed by atoms with Crippen molar-refractivity contribution in [2.45, 2.75) is 32.7 Å². The normalized spacial score (nSPS) is 18.0. The number of aliphatic hydroxyl groups is 1. The first-order chi connectivity index (χ1) is 10.7. The molecule has 1 heterocycles. The lowest BCUT2D eigenvalue weighted by Gasteiger charge is -2.34. The van der Waals surface area contributed by atoms with Crippen LogP contribution in [0.5, 0.6) is 5.75 Å². The summed E-state index contributed by atoms with van der Waals surface area (Å²) in [5, 5.41) is 12.2. The van der Waals surface area contributed by atoms with E-state index in [1.807, 2.05) is 38.1 Å². The maximum Gasteiger partial charge on any atom is 0.241 e. The molecule has 5 heteroatoms. The number of rotatable bonds is 6. The molecule has 1 aliphatic heterocycles. The molecule has 1 aliphatic rings. The number of amides is 1. The van der Waals surface area contributed by atoms with Crippen LogP contribution < -0.4 is 10.1 Å². The molecule has 1 aromatic rings. The predicted octanol–water partition coefficient (Wildman–Crippen LogP) is 2.12. The Balaban J connectivity index is 1.94. The molecule has 1 amide bonds. The number of likely N-dealkylation sites (tertiary alicyclic amines) is 1. The second kappa shape index (κ2) is 8.15. The quantitative estimate of drug-likeness (QED) is 0.845. The van der Waals surface area contributed by atoms with Crippen LogP contribution >= 0.6 is 0 Å². The number of hydrogen-bond donors (Lipinski definition) is 2. The number of ether oxygens (including phenoxy) is 1. The molecular formula is C17H26N2O3. The molecule has 0 aliphatic carbocycles. The van der Waals surface area contributed by atoms with Crippen LogP contribution in [0.2, 0.25) is 0 Å². The number of aliphatic hydroxyl groups excluding tert-OH is 1. The highest BCUT2D eigenvalue weighted by molar-refractivity contribution is 5.95. The van der Waals surface area contributed by atoms with E-state index >= 15 is 0 Å². The second-order valence-corrected chi connectivity index (χ2v) is 5.76. The van der Waals surface area contributed by atoms with E-state index in [0.29, 0.717) is 24.0 Å². The van der Waals surface area contributed by atoms with Crippen LogP contribution in [0, 0.1) is 5.92 Å². The molecule has 1 aromatic carbocycles. The summed E-state index contributed by atoms with van der Waals surface area (Å²) in [6.07, 6.45) is 1.90. The molecule has 1 atom stereocenters. The van der Waals surface area contributed by atoms with E-state index in [-0.39, 0.29) is 18.6 Å². The van der Waals surface area contributed by atoms with Crippen molar-refractivity contribution in [3.63, 3.8) is 0 Å². The molecule has 122 valence electrons. The van der Waals surface area contributed by atoms with Crippen LogP contribution in [-0.2, 0) is 4.79 Å². The van der Waals surface area contributed by atoms with Gasteiger partial charge in [-0.1, -0.05) is 12.1 Å². The number of carbonyl (C=O) groups is 1. The molecule has 22 heavy (non-hydrogen) atoms. The topological polar surface area (TPSA) is 61.8 Å². The minimum atomic E-state index is -0.186. The summed E-state index contributed by atoms with van der Waals surface area (Å²) in [4.78, 5) is 14.6. The van der Waals surface area contributed by atoms with Gasteiger partial charge < -0.3 is 15.2 Å². The minimum Gasteiger partial charge on any atom is -0.492 e. The van der Waals surface area contributed by atoms with Crippen molar-refractivity contribution in [2.24, 2.45) is 5.92 Å². The number of carbonyl (C=O) groups excluding carboxylic acids is 1. The number of piperidine rings is 1. The summed E-state index contributed by atoms with van der Waals surface area (Å²) < 4.78 is 5.54. The molecule has 1 fully saturated rings. The van der Waals surface area contributed by atoms with Gasteiger partial charge in [0, 0.05) is 6.61 Å². The molecule has 0 radical (unpaired) electrons. The maximum atomic E-state index is 12.5. The lowest BCUT2D eigenvalue weighted by molar-refractivity contribution is -0.121. The Kier molecular flexibility index (Phi) is 6.21. The van der Waals surface area contributed by atoms with Crippen LogP contribution in [0.25, 0.3) is 0 Å². The van der Waals surface area contributed by atoms with Gasteiger partial charge in [-0.2, -0.15) is 0 Å². The zero-order valence-electron chi connectivity index (χ0n) is 13.4.